The number of hydrogen-bond donors (Lipinski definition) is 1. The van der Waals surface area contributed by atoms with Crippen molar-refractivity contribution in [1.29, 1.82) is 0 Å². The fraction of sp³-hybridized carbons (Fsp3) is 0.562. The molecule has 1 aromatic carbocycles. The third kappa shape index (κ3) is 1.79. The van der Waals surface area contributed by atoms with E-state index in [9.17, 15) is 9.90 Å². The molecule has 0 spiro atoms. The van der Waals surface area contributed by atoms with Crippen molar-refractivity contribution in [3.8, 4) is 0 Å². The molecule has 0 aromatic heterocycles. The predicted octanol–water partition coefficient (Wildman–Crippen LogP) is 2.60. The molecule has 0 amide bonds. The number of benzene rings is 1. The van der Waals surface area contributed by atoms with Crippen molar-refractivity contribution in [2.75, 3.05) is 13.2 Å². The number of ether oxygens (including phenoxy) is 1. The van der Waals surface area contributed by atoms with Gasteiger partial charge >= 0.3 is 5.97 Å². The Bertz CT molecular complexity index is 543. The number of aliphatic carboxylic acids is 1. The SMILES string of the molecule is Cc1cc(C)c(C2(C3CC3C(=O)O)COC2)cc1C. The van der Waals surface area contributed by atoms with Crippen LogP contribution in [-0.2, 0) is 14.9 Å². The van der Waals surface area contributed by atoms with E-state index in [4.69, 9.17) is 4.74 Å². The summed E-state index contributed by atoms with van der Waals surface area (Å²) in [4.78, 5) is 11.2. The first kappa shape index (κ1) is 12.7. The molecule has 0 bridgehead atoms. The molecule has 3 nitrogen and oxygen atoms in total. The van der Waals surface area contributed by atoms with E-state index in [1.54, 1.807) is 0 Å². The van der Waals surface area contributed by atoms with Crippen molar-refractivity contribution in [3.05, 3.63) is 34.4 Å². The third-order valence-corrected chi connectivity index (χ3v) is 4.91. The van der Waals surface area contributed by atoms with E-state index in [0.717, 1.165) is 6.42 Å². The highest BCUT2D eigenvalue weighted by molar-refractivity contribution is 5.74. The van der Waals surface area contributed by atoms with Gasteiger partial charge in [0.15, 0.2) is 0 Å². The first-order valence-electron chi connectivity index (χ1n) is 6.84. The van der Waals surface area contributed by atoms with Crippen LogP contribution in [0.5, 0.6) is 0 Å². The molecule has 1 saturated carbocycles. The first-order chi connectivity index (χ1) is 8.95. The zero-order valence-electron chi connectivity index (χ0n) is 11.7. The van der Waals surface area contributed by atoms with Gasteiger partial charge in [0.1, 0.15) is 0 Å². The highest BCUT2D eigenvalue weighted by Gasteiger charge is 2.60. The maximum absolute atomic E-state index is 11.2. The summed E-state index contributed by atoms with van der Waals surface area (Å²) in [7, 11) is 0. The molecule has 1 aliphatic carbocycles. The van der Waals surface area contributed by atoms with Gasteiger partial charge in [0.2, 0.25) is 0 Å². The number of hydrogen-bond acceptors (Lipinski definition) is 2. The Labute approximate surface area is 113 Å². The molecule has 3 rings (SSSR count). The van der Waals surface area contributed by atoms with Gasteiger partial charge in [-0.2, -0.15) is 0 Å². The summed E-state index contributed by atoms with van der Waals surface area (Å²) in [6.07, 6.45) is 0.797. The molecule has 3 heteroatoms. The van der Waals surface area contributed by atoms with Gasteiger partial charge < -0.3 is 9.84 Å². The summed E-state index contributed by atoms with van der Waals surface area (Å²) in [5, 5.41) is 9.18. The van der Waals surface area contributed by atoms with Crippen LogP contribution in [0.15, 0.2) is 12.1 Å². The smallest absolute Gasteiger partial charge is 0.306 e. The van der Waals surface area contributed by atoms with Gasteiger partial charge in [-0.1, -0.05) is 12.1 Å². The molecule has 1 aromatic rings. The van der Waals surface area contributed by atoms with Crippen LogP contribution in [0.1, 0.15) is 28.7 Å². The van der Waals surface area contributed by atoms with E-state index < -0.39 is 5.97 Å². The molecule has 1 saturated heterocycles. The lowest BCUT2D eigenvalue weighted by Crippen LogP contribution is -2.50. The topological polar surface area (TPSA) is 46.5 Å². The number of carboxylic acid groups (broad SMARTS) is 1. The standard InChI is InChI=1S/C16H20O3/c1-9-4-11(3)13(5-10(9)2)16(7-19-8-16)14-6-12(14)15(17)18/h4-5,12,14H,6-8H2,1-3H3,(H,17,18). The van der Waals surface area contributed by atoms with Crippen molar-refractivity contribution in [2.45, 2.75) is 32.6 Å². The van der Waals surface area contributed by atoms with Gasteiger partial charge in [0.25, 0.3) is 0 Å². The average molecular weight is 260 g/mol. The fourth-order valence-corrected chi connectivity index (χ4v) is 3.47. The lowest BCUT2D eigenvalue weighted by atomic mass is 9.71. The van der Waals surface area contributed by atoms with Crippen molar-refractivity contribution in [1.82, 2.24) is 0 Å². The Morgan fingerprint density at radius 2 is 1.84 bits per heavy atom. The summed E-state index contributed by atoms with van der Waals surface area (Å²) in [5.41, 5.74) is 5.09. The van der Waals surface area contributed by atoms with Crippen molar-refractivity contribution in [3.63, 3.8) is 0 Å². The van der Waals surface area contributed by atoms with E-state index in [-0.39, 0.29) is 17.3 Å². The molecule has 2 aliphatic rings. The first-order valence-corrected chi connectivity index (χ1v) is 6.84. The number of rotatable bonds is 3. The Kier molecular flexibility index (Phi) is 2.72. The quantitative estimate of drug-likeness (QED) is 0.908. The van der Waals surface area contributed by atoms with Crippen molar-refractivity contribution in [2.24, 2.45) is 11.8 Å². The predicted molar refractivity (Wildman–Crippen MR) is 72.4 cm³/mol. The molecule has 2 fully saturated rings. The van der Waals surface area contributed by atoms with Crippen molar-refractivity contribution < 1.29 is 14.6 Å². The number of carboxylic acids is 1. The van der Waals surface area contributed by atoms with E-state index in [1.807, 2.05) is 0 Å². The molecule has 0 radical (unpaired) electrons. The summed E-state index contributed by atoms with van der Waals surface area (Å²) < 4.78 is 5.45. The summed E-state index contributed by atoms with van der Waals surface area (Å²) >= 11 is 0. The van der Waals surface area contributed by atoms with E-state index >= 15 is 0 Å². The number of aryl methyl sites for hydroxylation is 3. The molecule has 1 N–H and O–H groups in total. The summed E-state index contributed by atoms with van der Waals surface area (Å²) in [6.45, 7) is 7.70. The zero-order valence-corrected chi connectivity index (χ0v) is 11.7. The van der Waals surface area contributed by atoms with Crippen LogP contribution in [0, 0.1) is 32.6 Å². The summed E-state index contributed by atoms with van der Waals surface area (Å²) in [6, 6.07) is 4.45. The van der Waals surface area contributed by atoms with Gasteiger partial charge in [-0.05, 0) is 55.4 Å². The Hall–Kier alpha value is -1.35. The molecule has 1 aliphatic heterocycles. The average Bonchev–Trinajstić information content (AvgIpc) is 3.04. The zero-order chi connectivity index (χ0) is 13.8. The van der Waals surface area contributed by atoms with Crippen LogP contribution in [0.2, 0.25) is 0 Å². The van der Waals surface area contributed by atoms with Crippen LogP contribution in [-0.4, -0.2) is 24.3 Å². The molecule has 2 atom stereocenters. The highest BCUT2D eigenvalue weighted by atomic mass is 16.5. The van der Waals surface area contributed by atoms with Gasteiger partial charge in [-0.3, -0.25) is 4.79 Å². The minimum absolute atomic E-state index is 0.0500. The Balaban J connectivity index is 2.00. The van der Waals surface area contributed by atoms with E-state index in [2.05, 4.69) is 32.9 Å². The van der Waals surface area contributed by atoms with Crippen LogP contribution in [0.4, 0.5) is 0 Å². The van der Waals surface area contributed by atoms with Gasteiger partial charge in [-0.15, -0.1) is 0 Å². The second kappa shape index (κ2) is 4.07. The largest absolute Gasteiger partial charge is 0.481 e. The lowest BCUT2D eigenvalue weighted by molar-refractivity contribution is -0.140. The van der Waals surface area contributed by atoms with Crippen molar-refractivity contribution >= 4 is 5.97 Å². The molecule has 102 valence electrons. The highest BCUT2D eigenvalue weighted by Crippen LogP contribution is 2.56. The molecule has 19 heavy (non-hydrogen) atoms. The second-order valence-electron chi connectivity index (χ2n) is 6.19. The van der Waals surface area contributed by atoms with Gasteiger partial charge in [-0.25, -0.2) is 0 Å². The van der Waals surface area contributed by atoms with Crippen LogP contribution in [0.3, 0.4) is 0 Å². The minimum atomic E-state index is -0.655. The maximum Gasteiger partial charge on any atom is 0.306 e. The molecule has 2 unspecified atom stereocenters. The molecular formula is C16H20O3. The van der Waals surface area contributed by atoms with Crippen LogP contribution >= 0.6 is 0 Å². The lowest BCUT2D eigenvalue weighted by Gasteiger charge is -2.44. The molecular weight excluding hydrogens is 240 g/mol. The monoisotopic (exact) mass is 260 g/mol. The van der Waals surface area contributed by atoms with E-state index in [1.165, 1.54) is 22.3 Å². The van der Waals surface area contributed by atoms with Gasteiger partial charge in [0, 0.05) is 5.41 Å². The second-order valence-corrected chi connectivity index (χ2v) is 6.19. The van der Waals surface area contributed by atoms with Crippen LogP contribution < -0.4 is 0 Å². The van der Waals surface area contributed by atoms with E-state index in [0.29, 0.717) is 13.2 Å². The van der Waals surface area contributed by atoms with Crippen LogP contribution in [0.25, 0.3) is 0 Å². The Morgan fingerprint density at radius 1 is 1.21 bits per heavy atom. The normalized spacial score (nSPS) is 27.7. The minimum Gasteiger partial charge on any atom is -0.481 e. The fourth-order valence-electron chi connectivity index (χ4n) is 3.47. The molecule has 1 heterocycles. The number of carbonyl (C=O) groups is 1. The Morgan fingerprint density at radius 3 is 2.32 bits per heavy atom. The van der Waals surface area contributed by atoms with Gasteiger partial charge in [0.05, 0.1) is 19.1 Å². The summed E-state index contributed by atoms with van der Waals surface area (Å²) in [5.74, 6) is -0.581. The maximum atomic E-state index is 11.2. The third-order valence-electron chi connectivity index (χ3n) is 4.91.